The number of non-ortho nitro benzene ring substituents is 1. The summed E-state index contributed by atoms with van der Waals surface area (Å²) in [4.78, 5) is 21.2. The van der Waals surface area contributed by atoms with Crippen LogP contribution in [0.1, 0.15) is 71.6 Å². The minimum absolute atomic E-state index is 0.202. The minimum Gasteiger partial charge on any atom is -0.272 e. The van der Waals surface area contributed by atoms with Crippen molar-refractivity contribution in [3.63, 3.8) is 0 Å². The van der Waals surface area contributed by atoms with Crippen LogP contribution in [0, 0.1) is 61.2 Å². The van der Waals surface area contributed by atoms with Gasteiger partial charge >= 0.3 is 5.69 Å². The second-order valence-corrected chi connectivity index (χ2v) is 11.1. The Morgan fingerprint density at radius 2 is 1.79 bits per heavy atom. The van der Waals surface area contributed by atoms with Gasteiger partial charge < -0.3 is 0 Å². The predicted octanol–water partition coefficient (Wildman–Crippen LogP) is 6.56. The molecule has 0 bridgehead atoms. The lowest BCUT2D eigenvalue weighted by Crippen LogP contribution is -2.50. The maximum absolute atomic E-state index is 11.5. The molecule has 0 spiro atoms. The van der Waals surface area contributed by atoms with Gasteiger partial charge in [0.15, 0.2) is 0 Å². The molecule has 4 saturated carbocycles. The maximum Gasteiger partial charge on any atom is 0.301 e. The highest BCUT2D eigenvalue weighted by atomic mass is 16.6. The van der Waals surface area contributed by atoms with Crippen molar-refractivity contribution in [2.24, 2.45) is 46.0 Å². The molecule has 7 atom stereocenters. The van der Waals surface area contributed by atoms with Crippen LogP contribution >= 0.6 is 0 Å². The van der Waals surface area contributed by atoms with E-state index in [1.165, 1.54) is 63.5 Å². The van der Waals surface area contributed by atoms with Crippen molar-refractivity contribution in [2.75, 3.05) is 5.43 Å². The molecule has 4 aliphatic rings. The Morgan fingerprint density at radius 3 is 2.55 bits per heavy atom. The van der Waals surface area contributed by atoms with Crippen LogP contribution in [-0.2, 0) is 0 Å². The Labute approximate surface area is 194 Å². The predicted molar refractivity (Wildman–Crippen MR) is 127 cm³/mol. The fourth-order valence-corrected chi connectivity index (χ4v) is 8.19. The van der Waals surface area contributed by atoms with Crippen molar-refractivity contribution >= 4 is 22.8 Å². The third-order valence-electron chi connectivity index (χ3n) is 9.90. The number of anilines is 1. The zero-order chi connectivity index (χ0) is 23.3. The largest absolute Gasteiger partial charge is 0.301 e. The van der Waals surface area contributed by atoms with E-state index in [4.69, 9.17) is 0 Å². The molecule has 4 fully saturated rings. The van der Waals surface area contributed by atoms with E-state index in [0.717, 1.165) is 36.0 Å². The van der Waals surface area contributed by atoms with Crippen molar-refractivity contribution in [2.45, 2.75) is 71.6 Å². The maximum atomic E-state index is 11.5. The molecule has 0 unspecified atom stereocenters. The molecule has 1 aromatic rings. The molecular weight excluding hydrogens is 420 g/mol. The lowest BCUT2D eigenvalue weighted by molar-refractivity contribution is -0.393. The van der Waals surface area contributed by atoms with E-state index in [1.807, 2.05) is 0 Å². The highest BCUT2D eigenvalue weighted by Gasteiger charge is 2.56. The van der Waals surface area contributed by atoms with E-state index in [9.17, 15) is 20.2 Å². The molecule has 0 radical (unpaired) electrons. The molecule has 1 aromatic carbocycles. The lowest BCUT2D eigenvalue weighted by atomic mass is 9.47. The molecule has 8 heteroatoms. The fourth-order valence-electron chi connectivity index (χ4n) is 8.19. The Bertz CT molecular complexity index is 995. The number of hydrogen-bond acceptors (Lipinski definition) is 6. The van der Waals surface area contributed by atoms with Crippen molar-refractivity contribution in [1.29, 1.82) is 0 Å². The third kappa shape index (κ3) is 3.71. The number of nitrogens with one attached hydrogen (secondary N) is 1. The summed E-state index contributed by atoms with van der Waals surface area (Å²) < 4.78 is 0. The molecular formula is C25H34N4O4. The second-order valence-electron chi connectivity index (χ2n) is 11.1. The molecule has 5 rings (SSSR count). The summed E-state index contributed by atoms with van der Waals surface area (Å²) in [6, 6.07) is 3.66. The van der Waals surface area contributed by atoms with Crippen LogP contribution < -0.4 is 5.43 Å². The highest BCUT2D eigenvalue weighted by molar-refractivity contribution is 5.90. The Hall–Kier alpha value is -2.51. The van der Waals surface area contributed by atoms with E-state index in [1.54, 1.807) is 0 Å². The molecule has 0 aliphatic heterocycles. The molecule has 178 valence electrons. The number of nitrogens with zero attached hydrogens (tertiary/aromatic N) is 3. The third-order valence-corrected chi connectivity index (χ3v) is 9.90. The monoisotopic (exact) mass is 454 g/mol. The van der Waals surface area contributed by atoms with Gasteiger partial charge in [0.25, 0.3) is 5.69 Å². The molecule has 0 heterocycles. The van der Waals surface area contributed by atoms with E-state index < -0.39 is 9.85 Å². The first-order chi connectivity index (χ1) is 15.8. The first-order valence-electron chi connectivity index (χ1n) is 12.5. The summed E-state index contributed by atoms with van der Waals surface area (Å²) >= 11 is 0. The van der Waals surface area contributed by atoms with Gasteiger partial charge in [-0.3, -0.25) is 25.7 Å². The number of fused-ring (bicyclic) bond motifs is 5. The van der Waals surface area contributed by atoms with Gasteiger partial charge in [0, 0.05) is 11.8 Å². The van der Waals surface area contributed by atoms with Crippen LogP contribution in [0.5, 0.6) is 0 Å². The number of rotatable bonds is 4. The zero-order valence-electron chi connectivity index (χ0n) is 19.5. The number of benzene rings is 1. The van der Waals surface area contributed by atoms with E-state index in [0.29, 0.717) is 23.2 Å². The first kappa shape index (κ1) is 22.3. The van der Waals surface area contributed by atoms with Gasteiger partial charge in [-0.25, -0.2) is 0 Å². The van der Waals surface area contributed by atoms with Crippen LogP contribution in [0.3, 0.4) is 0 Å². The van der Waals surface area contributed by atoms with Gasteiger partial charge in [-0.2, -0.15) is 5.10 Å². The van der Waals surface area contributed by atoms with Gasteiger partial charge in [-0.1, -0.05) is 26.7 Å². The summed E-state index contributed by atoms with van der Waals surface area (Å²) in [5.74, 6) is 4.16. The molecule has 33 heavy (non-hydrogen) atoms. The smallest absolute Gasteiger partial charge is 0.272 e. The van der Waals surface area contributed by atoms with Crippen LogP contribution in [0.4, 0.5) is 17.1 Å². The van der Waals surface area contributed by atoms with Crippen molar-refractivity contribution < 1.29 is 9.85 Å². The molecule has 8 nitrogen and oxygen atoms in total. The first-order valence-corrected chi connectivity index (χ1v) is 12.5. The average Bonchev–Trinajstić information content (AvgIpc) is 3.12. The number of nitro groups is 2. The Morgan fingerprint density at radius 1 is 1.00 bits per heavy atom. The minimum atomic E-state index is -0.621. The van der Waals surface area contributed by atoms with Gasteiger partial charge in [0.05, 0.1) is 15.9 Å². The zero-order valence-corrected chi connectivity index (χ0v) is 19.5. The summed E-state index contributed by atoms with van der Waals surface area (Å²) in [5.41, 5.74) is 4.08. The topological polar surface area (TPSA) is 111 Å². The van der Waals surface area contributed by atoms with Gasteiger partial charge in [0.1, 0.15) is 5.69 Å². The SMILES string of the molecule is C[C@@H]1/C(=N/Nc2ccc([N+](=O)[O-])cc2[N+](=O)[O-])C[C@@H]2[C@H]1CC[C@H]1[C@H]2CC[C@@H]2CCCC[C@@]21C. The summed E-state index contributed by atoms with van der Waals surface area (Å²) in [6.45, 7) is 4.83. The summed E-state index contributed by atoms with van der Waals surface area (Å²) in [7, 11) is 0. The lowest BCUT2D eigenvalue weighted by Gasteiger charge is -2.58. The summed E-state index contributed by atoms with van der Waals surface area (Å²) in [5, 5.41) is 27.1. The van der Waals surface area contributed by atoms with Gasteiger partial charge in [-0.15, -0.1) is 0 Å². The number of nitro benzene ring substituents is 2. The van der Waals surface area contributed by atoms with Crippen LogP contribution in [0.15, 0.2) is 23.3 Å². The number of hydrogen-bond donors (Lipinski definition) is 1. The highest BCUT2D eigenvalue weighted by Crippen LogP contribution is 2.63. The molecule has 1 N–H and O–H groups in total. The second kappa shape index (κ2) is 8.37. The Balaban J connectivity index is 1.36. The molecule has 0 saturated heterocycles. The normalized spacial score (nSPS) is 38.8. The van der Waals surface area contributed by atoms with E-state index >= 15 is 0 Å². The van der Waals surface area contributed by atoms with Crippen molar-refractivity contribution in [3.8, 4) is 0 Å². The van der Waals surface area contributed by atoms with E-state index in [2.05, 4.69) is 24.4 Å². The van der Waals surface area contributed by atoms with Crippen LogP contribution in [0.25, 0.3) is 0 Å². The fraction of sp³-hybridized carbons (Fsp3) is 0.720. The summed E-state index contributed by atoms with van der Waals surface area (Å²) in [6.07, 6.45) is 11.8. The van der Waals surface area contributed by atoms with Crippen LogP contribution in [0.2, 0.25) is 0 Å². The van der Waals surface area contributed by atoms with Crippen molar-refractivity contribution in [1.82, 2.24) is 0 Å². The average molecular weight is 455 g/mol. The molecule has 0 amide bonds. The standard InChI is InChI=1S/C25H34N4O4/c1-15-18-9-10-21-19(8-6-16-5-3-4-12-25(16,21)2)20(18)14-23(15)27-26-22-11-7-17(28(30)31)13-24(22)29(32)33/h7,11,13,15-16,18-21,26H,3-6,8-10,12,14H2,1-2H3/b27-23+/t15-,16-,18-,19-,20+,21-,25-/m0/s1. The quantitative estimate of drug-likeness (QED) is 0.409. The molecule has 4 aliphatic carbocycles. The van der Waals surface area contributed by atoms with Crippen LogP contribution in [-0.4, -0.2) is 15.6 Å². The van der Waals surface area contributed by atoms with Crippen molar-refractivity contribution in [3.05, 3.63) is 38.4 Å². The van der Waals surface area contributed by atoms with Gasteiger partial charge in [0.2, 0.25) is 0 Å². The number of hydrazone groups is 1. The van der Waals surface area contributed by atoms with Gasteiger partial charge in [-0.05, 0) is 91.9 Å². The Kier molecular flexibility index (Phi) is 5.65. The van der Waals surface area contributed by atoms with E-state index in [-0.39, 0.29) is 17.1 Å². The molecule has 0 aromatic heterocycles.